The summed E-state index contributed by atoms with van der Waals surface area (Å²) in [5.41, 5.74) is 0. The number of hydrogen-bond acceptors (Lipinski definition) is 4. The molecule has 0 bridgehead atoms. The highest BCUT2D eigenvalue weighted by atomic mass is 19.4. The van der Waals surface area contributed by atoms with Gasteiger partial charge in [-0.05, 0) is 12.2 Å². The van der Waals surface area contributed by atoms with Crippen molar-refractivity contribution in [3.63, 3.8) is 0 Å². The standard InChI is InChI=1S/C8H6F6O4/c9-7(10,11)5(15)17-3-1-2-4-18-6(16)8(12,13)14/h1-2H,3-4H2. The van der Waals surface area contributed by atoms with Crippen LogP contribution in [-0.2, 0) is 19.1 Å². The highest BCUT2D eigenvalue weighted by Crippen LogP contribution is 2.17. The van der Waals surface area contributed by atoms with Gasteiger partial charge in [0.1, 0.15) is 13.2 Å². The smallest absolute Gasteiger partial charge is 0.455 e. The fourth-order valence-corrected chi connectivity index (χ4v) is 0.547. The monoisotopic (exact) mass is 280 g/mol. The van der Waals surface area contributed by atoms with Gasteiger partial charge >= 0.3 is 24.3 Å². The zero-order valence-corrected chi connectivity index (χ0v) is 8.47. The molecule has 0 fully saturated rings. The first-order valence-electron chi connectivity index (χ1n) is 4.18. The molecular weight excluding hydrogens is 274 g/mol. The molecule has 0 amide bonds. The van der Waals surface area contributed by atoms with E-state index >= 15 is 0 Å². The molecule has 0 rings (SSSR count). The molecule has 0 spiro atoms. The topological polar surface area (TPSA) is 52.6 Å². The van der Waals surface area contributed by atoms with Crippen molar-refractivity contribution in [1.29, 1.82) is 0 Å². The Balaban J connectivity index is 3.81. The minimum atomic E-state index is -5.14. The first-order valence-corrected chi connectivity index (χ1v) is 4.18. The van der Waals surface area contributed by atoms with Crippen LogP contribution in [0.2, 0.25) is 0 Å². The molecule has 0 aliphatic rings. The van der Waals surface area contributed by atoms with E-state index in [2.05, 4.69) is 9.47 Å². The van der Waals surface area contributed by atoms with E-state index in [1.807, 2.05) is 0 Å². The molecule has 0 N–H and O–H groups in total. The largest absolute Gasteiger partial charge is 0.490 e. The van der Waals surface area contributed by atoms with Gasteiger partial charge in [-0.3, -0.25) is 0 Å². The van der Waals surface area contributed by atoms with Gasteiger partial charge < -0.3 is 9.47 Å². The lowest BCUT2D eigenvalue weighted by molar-refractivity contribution is -0.198. The van der Waals surface area contributed by atoms with Gasteiger partial charge in [-0.1, -0.05) is 0 Å². The van der Waals surface area contributed by atoms with Crippen LogP contribution in [0.5, 0.6) is 0 Å². The molecule has 0 atom stereocenters. The summed E-state index contributed by atoms with van der Waals surface area (Å²) >= 11 is 0. The number of carbonyl (C=O) groups is 2. The zero-order valence-electron chi connectivity index (χ0n) is 8.47. The number of esters is 2. The quantitative estimate of drug-likeness (QED) is 0.447. The number of rotatable bonds is 4. The van der Waals surface area contributed by atoms with Crippen molar-refractivity contribution in [3.8, 4) is 0 Å². The predicted octanol–water partition coefficient (Wildman–Crippen LogP) is 1.75. The third kappa shape index (κ3) is 6.76. The molecule has 0 aliphatic carbocycles. The third-order valence-electron chi connectivity index (χ3n) is 1.25. The van der Waals surface area contributed by atoms with Gasteiger partial charge in [-0.2, -0.15) is 26.3 Å². The molecule has 0 saturated heterocycles. The average molecular weight is 280 g/mol. The number of ether oxygens (including phenoxy) is 2. The van der Waals surface area contributed by atoms with E-state index in [-0.39, 0.29) is 0 Å². The van der Waals surface area contributed by atoms with Gasteiger partial charge in [0.2, 0.25) is 0 Å². The maximum absolute atomic E-state index is 11.6. The van der Waals surface area contributed by atoms with E-state index in [1.54, 1.807) is 0 Å². The van der Waals surface area contributed by atoms with Crippen LogP contribution in [-0.4, -0.2) is 37.5 Å². The fourth-order valence-electron chi connectivity index (χ4n) is 0.547. The van der Waals surface area contributed by atoms with Crippen molar-refractivity contribution >= 4 is 11.9 Å². The van der Waals surface area contributed by atoms with Crippen molar-refractivity contribution in [2.24, 2.45) is 0 Å². The van der Waals surface area contributed by atoms with E-state index in [0.717, 1.165) is 12.2 Å². The molecule has 104 valence electrons. The number of carbonyl (C=O) groups excluding carboxylic acids is 2. The summed E-state index contributed by atoms with van der Waals surface area (Å²) in [6.07, 6.45) is -8.69. The molecule has 0 unspecified atom stereocenters. The summed E-state index contributed by atoms with van der Waals surface area (Å²) in [6, 6.07) is 0. The van der Waals surface area contributed by atoms with Crippen molar-refractivity contribution in [3.05, 3.63) is 12.2 Å². The maximum Gasteiger partial charge on any atom is 0.490 e. The Morgan fingerprint density at radius 3 is 1.28 bits per heavy atom. The van der Waals surface area contributed by atoms with Gasteiger partial charge in [-0.15, -0.1) is 0 Å². The SMILES string of the molecule is O=C(OCC=CCOC(=O)C(F)(F)F)C(F)(F)F. The van der Waals surface area contributed by atoms with E-state index in [0.29, 0.717) is 0 Å². The van der Waals surface area contributed by atoms with Gasteiger partial charge in [0.25, 0.3) is 0 Å². The summed E-state index contributed by atoms with van der Waals surface area (Å²) in [6.45, 7) is -1.61. The maximum atomic E-state index is 11.6. The number of halogens is 6. The molecule has 0 heterocycles. The highest BCUT2D eigenvalue weighted by Gasteiger charge is 2.41. The molecule has 18 heavy (non-hydrogen) atoms. The van der Waals surface area contributed by atoms with Crippen LogP contribution in [0.3, 0.4) is 0 Å². The molecule has 0 aromatic heterocycles. The third-order valence-corrected chi connectivity index (χ3v) is 1.25. The molecule has 10 heteroatoms. The van der Waals surface area contributed by atoms with Crippen LogP contribution in [0, 0.1) is 0 Å². The Hall–Kier alpha value is -1.74. The summed E-state index contributed by atoms with van der Waals surface area (Å²) < 4.78 is 76.7. The average Bonchev–Trinajstić information content (AvgIpc) is 2.19. The normalized spacial score (nSPS) is 12.6. The summed E-state index contributed by atoms with van der Waals surface area (Å²) in [5.74, 6) is -4.86. The molecule has 0 aliphatic heterocycles. The van der Waals surface area contributed by atoms with E-state index < -0.39 is 37.5 Å². The van der Waals surface area contributed by atoms with Crippen molar-refractivity contribution < 1.29 is 45.4 Å². The van der Waals surface area contributed by atoms with Crippen molar-refractivity contribution in [2.45, 2.75) is 12.4 Å². The van der Waals surface area contributed by atoms with Crippen molar-refractivity contribution in [2.75, 3.05) is 13.2 Å². The van der Waals surface area contributed by atoms with Gasteiger partial charge in [0, 0.05) is 0 Å². The molecule has 0 aromatic carbocycles. The van der Waals surface area contributed by atoms with E-state index in [9.17, 15) is 35.9 Å². The van der Waals surface area contributed by atoms with Crippen molar-refractivity contribution in [1.82, 2.24) is 0 Å². The Bertz CT molecular complexity index is 297. The van der Waals surface area contributed by atoms with Gasteiger partial charge in [0.15, 0.2) is 0 Å². The lowest BCUT2D eigenvalue weighted by Crippen LogP contribution is -2.25. The van der Waals surface area contributed by atoms with Crippen LogP contribution < -0.4 is 0 Å². The highest BCUT2D eigenvalue weighted by molar-refractivity contribution is 5.76. The summed E-state index contributed by atoms with van der Waals surface area (Å²) in [4.78, 5) is 20.2. The second-order valence-electron chi connectivity index (χ2n) is 2.66. The Labute approximate surface area is 96.1 Å². The second-order valence-corrected chi connectivity index (χ2v) is 2.66. The molecule has 0 radical (unpaired) electrons. The van der Waals surface area contributed by atoms with Gasteiger partial charge in [0.05, 0.1) is 0 Å². The molecule has 4 nitrogen and oxygen atoms in total. The lowest BCUT2D eigenvalue weighted by atomic mass is 10.5. The number of hydrogen-bond donors (Lipinski definition) is 0. The first-order chi connectivity index (χ1) is 8.05. The minimum Gasteiger partial charge on any atom is -0.455 e. The summed E-state index contributed by atoms with van der Waals surface area (Å²) in [5, 5.41) is 0. The minimum absolute atomic E-state index is 0.799. The summed E-state index contributed by atoms with van der Waals surface area (Å²) in [7, 11) is 0. The van der Waals surface area contributed by atoms with Crippen LogP contribution in [0.4, 0.5) is 26.3 Å². The molecule has 0 aromatic rings. The Morgan fingerprint density at radius 2 is 1.06 bits per heavy atom. The van der Waals surface area contributed by atoms with E-state index in [1.165, 1.54) is 0 Å². The molecular formula is C8H6F6O4. The van der Waals surface area contributed by atoms with Crippen LogP contribution in [0.1, 0.15) is 0 Å². The van der Waals surface area contributed by atoms with Crippen LogP contribution >= 0.6 is 0 Å². The Morgan fingerprint density at radius 1 is 0.778 bits per heavy atom. The Kier molecular flexibility index (Phi) is 5.66. The van der Waals surface area contributed by atoms with E-state index in [4.69, 9.17) is 0 Å². The fraction of sp³-hybridized carbons (Fsp3) is 0.500. The zero-order chi connectivity index (χ0) is 14.4. The molecule has 0 saturated carbocycles. The lowest BCUT2D eigenvalue weighted by Gasteiger charge is -2.05. The number of alkyl halides is 6. The van der Waals surface area contributed by atoms with Crippen LogP contribution in [0.15, 0.2) is 12.2 Å². The van der Waals surface area contributed by atoms with Gasteiger partial charge in [-0.25, -0.2) is 9.59 Å². The second kappa shape index (κ2) is 6.26. The van der Waals surface area contributed by atoms with Crippen LogP contribution in [0.25, 0.3) is 0 Å². The first kappa shape index (κ1) is 16.3. The predicted molar refractivity (Wildman–Crippen MR) is 43.2 cm³/mol.